The number of aromatic nitrogens is 2. The summed E-state index contributed by atoms with van der Waals surface area (Å²) in [5.74, 6) is -0.945. The van der Waals surface area contributed by atoms with E-state index in [1.165, 1.54) is 18.0 Å². The van der Waals surface area contributed by atoms with Crippen LogP contribution in [0.5, 0.6) is 0 Å². The number of anilines is 4. The van der Waals surface area contributed by atoms with E-state index < -0.39 is 23.5 Å². The first kappa shape index (κ1) is 40.1. The first-order chi connectivity index (χ1) is 26.4. The summed E-state index contributed by atoms with van der Waals surface area (Å²) in [4.78, 5) is 67.9. The second-order valence-electron chi connectivity index (χ2n) is 13.3. The molecule has 7 rings (SSSR count). The molecule has 6 N–H and O–H groups in total. The van der Waals surface area contributed by atoms with Gasteiger partial charge in [-0.25, -0.2) is 4.79 Å². The summed E-state index contributed by atoms with van der Waals surface area (Å²) in [5.41, 5.74) is 4.13. The summed E-state index contributed by atoms with van der Waals surface area (Å²) in [6.45, 7) is 6.24. The number of carbonyl (C=O) groups is 3. The third kappa shape index (κ3) is 10.7. The first-order valence-electron chi connectivity index (χ1n) is 17.3. The number of hydrogen-bond donors (Lipinski definition) is 6. The second kappa shape index (κ2) is 18.3. The van der Waals surface area contributed by atoms with E-state index >= 15 is 0 Å². The Hall–Kier alpha value is -6.11. The van der Waals surface area contributed by atoms with Crippen LogP contribution in [0.25, 0.3) is 21.8 Å². The molecule has 1 aliphatic heterocycles. The van der Waals surface area contributed by atoms with Crippen LogP contribution in [0, 0.1) is 0 Å². The lowest BCUT2D eigenvalue weighted by Crippen LogP contribution is -2.27. The zero-order valence-electron chi connectivity index (χ0n) is 30.3. The van der Waals surface area contributed by atoms with Crippen LogP contribution in [0.3, 0.4) is 0 Å². The number of amides is 3. The van der Waals surface area contributed by atoms with Crippen LogP contribution in [0.2, 0.25) is 0 Å². The van der Waals surface area contributed by atoms with Gasteiger partial charge in [0.2, 0.25) is 10.9 Å². The molecule has 2 aromatic heterocycles. The summed E-state index contributed by atoms with van der Waals surface area (Å²) in [7, 11) is 0. The zero-order chi connectivity index (χ0) is 39.5. The highest BCUT2D eigenvalue weighted by atomic mass is 35.5. The van der Waals surface area contributed by atoms with E-state index in [-0.39, 0.29) is 27.3 Å². The molecule has 0 spiro atoms. The Morgan fingerprint density at radius 1 is 0.691 bits per heavy atom. The van der Waals surface area contributed by atoms with Crippen molar-refractivity contribution in [3.63, 3.8) is 0 Å². The first-order valence-corrected chi connectivity index (χ1v) is 18.4. The quantitative estimate of drug-likeness (QED) is 0.0949. The maximum atomic E-state index is 12.6. The molecular formula is C41H40Cl2N6O6. The number of halogens is 2. The van der Waals surface area contributed by atoms with Crippen LogP contribution >= 0.6 is 23.2 Å². The Morgan fingerprint density at radius 3 is 1.75 bits per heavy atom. The third-order valence-electron chi connectivity index (χ3n) is 8.14. The van der Waals surface area contributed by atoms with E-state index in [1.54, 1.807) is 81.4 Å². The average Bonchev–Trinajstić information content (AvgIpc) is 3.15. The van der Waals surface area contributed by atoms with Crippen molar-refractivity contribution in [2.45, 2.75) is 39.2 Å². The van der Waals surface area contributed by atoms with E-state index in [1.807, 2.05) is 30.3 Å². The highest BCUT2D eigenvalue weighted by Gasteiger charge is 2.18. The molecule has 0 saturated carbocycles. The Morgan fingerprint density at radius 2 is 1.20 bits per heavy atom. The van der Waals surface area contributed by atoms with Gasteiger partial charge in [-0.1, -0.05) is 36.4 Å². The summed E-state index contributed by atoms with van der Waals surface area (Å²) in [5, 5.41) is 12.6. The van der Waals surface area contributed by atoms with Gasteiger partial charge in [-0.2, -0.15) is 0 Å². The SMILES string of the molecule is CC(C)(C)OC(=O)Nc1cccc(NC(=O)c2c[nH]c3ccccc3c2=O)c1.ClCCl.O=C(Nc1ccc2c(c1)NCCC2)c1c[nH]c2ccccc2c1=O. The van der Waals surface area contributed by atoms with Gasteiger partial charge in [-0.3, -0.25) is 24.5 Å². The second-order valence-corrected chi connectivity index (χ2v) is 14.1. The minimum atomic E-state index is -0.618. The fraction of sp³-hybridized carbons (Fsp3) is 0.195. The number of H-pyrrole nitrogens is 2. The Bertz CT molecular complexity index is 2460. The number of ether oxygens (including phenoxy) is 1. The van der Waals surface area contributed by atoms with Gasteiger partial charge in [-0.15, -0.1) is 23.2 Å². The topological polar surface area (TPSA) is 174 Å². The molecule has 4 aromatic carbocycles. The monoisotopic (exact) mass is 782 g/mol. The van der Waals surface area contributed by atoms with Gasteiger partial charge >= 0.3 is 6.09 Å². The molecule has 0 saturated heterocycles. The molecule has 1 aliphatic rings. The van der Waals surface area contributed by atoms with Crippen molar-refractivity contribution < 1.29 is 19.1 Å². The van der Waals surface area contributed by atoms with Crippen molar-refractivity contribution in [3.8, 4) is 0 Å². The summed E-state index contributed by atoms with van der Waals surface area (Å²) in [6.07, 6.45) is 4.42. The number of carbonyl (C=O) groups excluding carboxylic acids is 3. The van der Waals surface area contributed by atoms with Crippen molar-refractivity contribution in [2.75, 3.05) is 33.2 Å². The number of rotatable bonds is 5. The number of nitrogens with one attached hydrogen (secondary N) is 6. The molecule has 12 nitrogen and oxygen atoms in total. The van der Waals surface area contributed by atoms with Crippen LogP contribution in [-0.2, 0) is 11.2 Å². The highest BCUT2D eigenvalue weighted by Crippen LogP contribution is 2.26. The molecule has 55 heavy (non-hydrogen) atoms. The van der Waals surface area contributed by atoms with Crippen LogP contribution in [0.1, 0.15) is 53.5 Å². The minimum absolute atomic E-state index is 0.00389. The van der Waals surface area contributed by atoms with Gasteiger partial charge in [0, 0.05) is 63.5 Å². The fourth-order valence-corrected chi connectivity index (χ4v) is 5.70. The van der Waals surface area contributed by atoms with Crippen LogP contribution in [0.15, 0.2) is 113 Å². The highest BCUT2D eigenvalue weighted by molar-refractivity contribution is 6.40. The van der Waals surface area contributed by atoms with Gasteiger partial charge in [0.15, 0.2) is 0 Å². The maximum absolute atomic E-state index is 12.6. The van der Waals surface area contributed by atoms with Crippen molar-refractivity contribution in [1.82, 2.24) is 9.97 Å². The molecule has 0 unspecified atom stereocenters. The predicted octanol–water partition coefficient (Wildman–Crippen LogP) is 8.69. The van der Waals surface area contributed by atoms with Gasteiger partial charge in [0.25, 0.3) is 11.8 Å². The average molecular weight is 784 g/mol. The largest absolute Gasteiger partial charge is 0.444 e. The molecule has 284 valence electrons. The number of pyridine rings is 2. The number of benzene rings is 4. The number of aromatic amines is 2. The van der Waals surface area contributed by atoms with Crippen LogP contribution < -0.4 is 32.1 Å². The number of aryl methyl sites for hydroxylation is 1. The molecule has 6 aromatic rings. The molecule has 0 radical (unpaired) electrons. The number of fused-ring (bicyclic) bond motifs is 3. The van der Waals surface area contributed by atoms with E-state index in [0.29, 0.717) is 33.4 Å². The summed E-state index contributed by atoms with van der Waals surface area (Å²) in [6, 6.07) is 26.5. The molecule has 14 heteroatoms. The van der Waals surface area contributed by atoms with Crippen LogP contribution in [-0.4, -0.2) is 45.4 Å². The van der Waals surface area contributed by atoms with E-state index in [2.05, 4.69) is 31.2 Å². The molecule has 0 fully saturated rings. The van der Waals surface area contributed by atoms with Crippen molar-refractivity contribution in [3.05, 3.63) is 141 Å². The maximum Gasteiger partial charge on any atom is 0.412 e. The van der Waals surface area contributed by atoms with Gasteiger partial charge in [0.05, 0.1) is 5.34 Å². The number of alkyl halides is 2. The molecule has 0 atom stereocenters. The standard InChI is InChI=1S/C21H21N3O4.C19H17N3O2.CH2Cl2/c1-21(2,3)28-20(27)24-14-8-6-7-13(11-14)23-19(26)16-12-22-17-10-5-4-9-15(17)18(16)25;23-18-14-5-1-2-6-16(14)21-11-15(18)19(24)22-13-8-7-12-4-3-9-20-17(12)10-13;2-1-3/h4-12H,1-3H3,(H,22,25)(H,23,26)(H,24,27);1-2,5-8,10-11,20H,3-4,9H2,(H,21,23)(H,22,24);1H2. The fourth-order valence-electron chi connectivity index (χ4n) is 5.70. The van der Waals surface area contributed by atoms with Crippen molar-refractivity contribution >= 4 is 85.7 Å². The third-order valence-corrected chi connectivity index (χ3v) is 8.14. The van der Waals surface area contributed by atoms with Gasteiger partial charge in [-0.05, 0) is 93.8 Å². The number of hydrogen-bond acceptors (Lipinski definition) is 7. The normalized spacial score (nSPS) is 11.7. The van der Waals surface area contributed by atoms with Crippen molar-refractivity contribution in [1.29, 1.82) is 0 Å². The Kier molecular flexibility index (Phi) is 13.3. The van der Waals surface area contributed by atoms with Crippen molar-refractivity contribution in [2.24, 2.45) is 0 Å². The smallest absolute Gasteiger partial charge is 0.412 e. The minimum Gasteiger partial charge on any atom is -0.444 e. The van der Waals surface area contributed by atoms with Gasteiger partial charge < -0.3 is 30.7 Å². The van der Waals surface area contributed by atoms with E-state index in [9.17, 15) is 24.0 Å². The number of para-hydroxylation sites is 2. The predicted molar refractivity (Wildman–Crippen MR) is 221 cm³/mol. The summed E-state index contributed by atoms with van der Waals surface area (Å²) >= 11 is 9.53. The zero-order valence-corrected chi connectivity index (χ0v) is 31.9. The van der Waals surface area contributed by atoms with Crippen LogP contribution in [0.4, 0.5) is 27.5 Å². The Labute approximate surface area is 326 Å². The lowest BCUT2D eigenvalue weighted by molar-refractivity contribution is 0.0635. The molecule has 3 heterocycles. The molecule has 3 amide bonds. The summed E-state index contributed by atoms with van der Waals surface area (Å²) < 4.78 is 5.21. The molecular weight excluding hydrogens is 743 g/mol. The molecule has 0 bridgehead atoms. The van der Waals surface area contributed by atoms with E-state index in [4.69, 9.17) is 27.9 Å². The lowest BCUT2D eigenvalue weighted by atomic mass is 10.0. The molecule has 0 aliphatic carbocycles. The Balaban J connectivity index is 0.000000199. The van der Waals surface area contributed by atoms with E-state index in [0.717, 1.165) is 30.6 Å². The van der Waals surface area contributed by atoms with Gasteiger partial charge in [0.1, 0.15) is 16.7 Å². The lowest BCUT2D eigenvalue weighted by Gasteiger charge is -2.19.